The molecule has 1 unspecified atom stereocenters. The fourth-order valence-electron chi connectivity index (χ4n) is 5.13. The van der Waals surface area contributed by atoms with Crippen LogP contribution in [0.1, 0.15) is 89.5 Å². The van der Waals surface area contributed by atoms with E-state index < -0.39 is 11.6 Å². The minimum absolute atomic E-state index is 0.261. The molecule has 2 aliphatic rings. The molecule has 1 aromatic rings. The smallest absolute Gasteiger partial charge is 0.142 e. The first-order chi connectivity index (χ1) is 15.1. The van der Waals surface area contributed by atoms with Crippen molar-refractivity contribution in [2.45, 2.75) is 88.9 Å². The van der Waals surface area contributed by atoms with Crippen LogP contribution in [0.5, 0.6) is 0 Å². The van der Waals surface area contributed by atoms with Crippen LogP contribution in [0.2, 0.25) is 0 Å². The second kappa shape index (κ2) is 12.3. The van der Waals surface area contributed by atoms with Gasteiger partial charge in [0.1, 0.15) is 17.0 Å². The maximum absolute atomic E-state index is 14.0. The van der Waals surface area contributed by atoms with E-state index in [-0.39, 0.29) is 4.90 Å². The fourth-order valence-corrected chi connectivity index (χ4v) is 5.54. The summed E-state index contributed by atoms with van der Waals surface area (Å²) >= 11 is 0.499. The minimum atomic E-state index is -0.727. The van der Waals surface area contributed by atoms with Crippen molar-refractivity contribution in [2.24, 2.45) is 17.8 Å². The van der Waals surface area contributed by atoms with Gasteiger partial charge >= 0.3 is 0 Å². The van der Waals surface area contributed by atoms with Crippen LogP contribution in [0, 0.1) is 51.9 Å². The predicted octanol–water partition coefficient (Wildman–Crippen LogP) is 8.39. The molecule has 166 valence electrons. The van der Waals surface area contributed by atoms with Crippen LogP contribution in [-0.2, 0) is 0 Å². The number of nitrogens with zero attached hydrogens (tertiary/aromatic N) is 1. The molecule has 0 bridgehead atoms. The van der Waals surface area contributed by atoms with Gasteiger partial charge < -0.3 is 0 Å². The molecule has 1 aromatic carbocycles. The topological polar surface area (TPSA) is 23.8 Å². The Bertz CT molecular complexity index is 842. The number of hydrogen-bond acceptors (Lipinski definition) is 2. The second-order valence-corrected chi connectivity index (χ2v) is 9.90. The van der Waals surface area contributed by atoms with Crippen molar-refractivity contribution in [3.05, 3.63) is 41.0 Å². The van der Waals surface area contributed by atoms with Crippen molar-refractivity contribution in [1.82, 2.24) is 0 Å². The van der Waals surface area contributed by atoms with E-state index in [0.29, 0.717) is 17.3 Å². The normalized spacial score (nSPS) is 23.4. The Balaban J connectivity index is 1.48. The van der Waals surface area contributed by atoms with Gasteiger partial charge in [0.2, 0.25) is 0 Å². The van der Waals surface area contributed by atoms with Crippen molar-refractivity contribution < 1.29 is 8.78 Å². The van der Waals surface area contributed by atoms with Gasteiger partial charge in [-0.15, -0.1) is 0 Å². The summed E-state index contributed by atoms with van der Waals surface area (Å²) < 4.78 is 27.9. The molecule has 1 atom stereocenters. The number of thioether (sulfide) groups is 1. The first-order valence-electron chi connectivity index (χ1n) is 11.9. The van der Waals surface area contributed by atoms with Crippen molar-refractivity contribution in [3.63, 3.8) is 0 Å². The molecule has 4 heteroatoms. The number of thiocyanates is 1. The van der Waals surface area contributed by atoms with Gasteiger partial charge in [0.25, 0.3) is 0 Å². The Morgan fingerprint density at radius 3 is 2.32 bits per heavy atom. The lowest BCUT2D eigenvalue weighted by atomic mass is 9.70. The SMILES string of the molecule is CCCCCCC1CCC(C2CC=C(C#Cc3cc(F)c(SC#N)c(F)c3)CC2)CC1. The monoisotopic (exact) mass is 441 g/mol. The van der Waals surface area contributed by atoms with Gasteiger partial charge in [0, 0.05) is 5.56 Å². The Hall–Kier alpha value is -1.78. The van der Waals surface area contributed by atoms with Crippen LogP contribution >= 0.6 is 11.8 Å². The van der Waals surface area contributed by atoms with E-state index in [2.05, 4.69) is 24.8 Å². The molecule has 2 aliphatic carbocycles. The number of allylic oxidation sites excluding steroid dienone is 2. The number of rotatable bonds is 7. The summed E-state index contributed by atoms with van der Waals surface area (Å²) in [5.74, 6) is 7.13. The highest BCUT2D eigenvalue weighted by molar-refractivity contribution is 8.03. The summed E-state index contributed by atoms with van der Waals surface area (Å²) in [4.78, 5) is -0.261. The maximum Gasteiger partial charge on any atom is 0.142 e. The molecule has 0 aromatic heterocycles. The highest BCUT2D eigenvalue weighted by atomic mass is 32.2. The molecule has 0 aliphatic heterocycles. The van der Waals surface area contributed by atoms with E-state index in [1.165, 1.54) is 76.3 Å². The lowest BCUT2D eigenvalue weighted by Crippen LogP contribution is -2.23. The summed E-state index contributed by atoms with van der Waals surface area (Å²) in [6.45, 7) is 2.27. The molecule has 3 rings (SSSR count). The Morgan fingerprint density at radius 2 is 1.71 bits per heavy atom. The van der Waals surface area contributed by atoms with Crippen LogP contribution in [0.4, 0.5) is 8.78 Å². The molecule has 1 nitrogen and oxygen atoms in total. The summed E-state index contributed by atoms with van der Waals surface area (Å²) in [6.07, 6.45) is 17.9. The van der Waals surface area contributed by atoms with E-state index in [0.717, 1.165) is 36.2 Å². The molecule has 0 saturated heterocycles. The molecule has 0 heterocycles. The maximum atomic E-state index is 14.0. The number of hydrogen-bond donors (Lipinski definition) is 0. The molecule has 1 fully saturated rings. The number of nitriles is 1. The first kappa shape index (κ1) is 23.9. The Kier molecular flexibility index (Phi) is 9.48. The summed E-state index contributed by atoms with van der Waals surface area (Å²) in [6, 6.07) is 2.42. The van der Waals surface area contributed by atoms with Crippen LogP contribution in [0.25, 0.3) is 0 Å². The second-order valence-electron chi connectivity index (χ2n) is 9.11. The van der Waals surface area contributed by atoms with Gasteiger partial charge in [-0.1, -0.05) is 69.8 Å². The number of benzene rings is 1. The number of halogens is 2. The van der Waals surface area contributed by atoms with Crippen LogP contribution in [0.3, 0.4) is 0 Å². The average molecular weight is 442 g/mol. The van der Waals surface area contributed by atoms with Crippen molar-refractivity contribution in [1.29, 1.82) is 5.26 Å². The highest BCUT2D eigenvalue weighted by Crippen LogP contribution is 2.40. The Labute approximate surface area is 190 Å². The van der Waals surface area contributed by atoms with E-state index >= 15 is 0 Å². The summed E-state index contributed by atoms with van der Waals surface area (Å²) in [5.41, 5.74) is 1.40. The first-order valence-corrected chi connectivity index (χ1v) is 12.7. The largest absolute Gasteiger partial charge is 0.206 e. The van der Waals surface area contributed by atoms with Gasteiger partial charge in [-0.3, -0.25) is 0 Å². The quantitative estimate of drug-likeness (QED) is 0.184. The minimum Gasteiger partial charge on any atom is -0.206 e. The molecular formula is C27H33F2NS. The zero-order valence-electron chi connectivity index (χ0n) is 18.6. The van der Waals surface area contributed by atoms with Crippen LogP contribution < -0.4 is 0 Å². The van der Waals surface area contributed by atoms with Crippen molar-refractivity contribution >= 4 is 11.8 Å². The van der Waals surface area contributed by atoms with Crippen LogP contribution in [-0.4, -0.2) is 0 Å². The average Bonchev–Trinajstić information content (AvgIpc) is 2.79. The lowest BCUT2D eigenvalue weighted by molar-refractivity contribution is 0.186. The van der Waals surface area contributed by atoms with E-state index in [1.54, 1.807) is 5.40 Å². The Morgan fingerprint density at radius 1 is 0.968 bits per heavy atom. The number of unbranched alkanes of at least 4 members (excludes halogenated alkanes) is 3. The van der Waals surface area contributed by atoms with Gasteiger partial charge in [0.15, 0.2) is 0 Å². The van der Waals surface area contributed by atoms with Crippen molar-refractivity contribution in [3.8, 4) is 17.2 Å². The zero-order chi connectivity index (χ0) is 22.1. The highest BCUT2D eigenvalue weighted by Gasteiger charge is 2.28. The van der Waals surface area contributed by atoms with E-state index in [4.69, 9.17) is 5.26 Å². The van der Waals surface area contributed by atoms with Gasteiger partial charge in [-0.05, 0) is 79.3 Å². The molecule has 0 N–H and O–H groups in total. The van der Waals surface area contributed by atoms with Gasteiger partial charge in [-0.25, -0.2) is 8.78 Å². The van der Waals surface area contributed by atoms with Crippen molar-refractivity contribution in [2.75, 3.05) is 0 Å². The zero-order valence-corrected chi connectivity index (χ0v) is 19.4. The third kappa shape index (κ3) is 7.11. The van der Waals surface area contributed by atoms with Crippen LogP contribution in [0.15, 0.2) is 28.7 Å². The molecule has 0 spiro atoms. The van der Waals surface area contributed by atoms with Gasteiger partial charge in [-0.2, -0.15) is 5.26 Å². The molecule has 0 radical (unpaired) electrons. The third-order valence-electron chi connectivity index (χ3n) is 6.99. The van der Waals surface area contributed by atoms with Gasteiger partial charge in [0.05, 0.1) is 4.90 Å². The standard InChI is InChI=1S/C27H33F2NS/c1-2-3-4-5-6-20-9-13-23(14-10-20)24-15-11-21(12-16-24)7-8-22-17-25(28)27(31-19-30)26(29)18-22/h11,17-18,20,23-24H,2-6,9-10,12-16H2,1H3. The molecule has 31 heavy (non-hydrogen) atoms. The predicted molar refractivity (Wildman–Crippen MR) is 124 cm³/mol. The summed E-state index contributed by atoms with van der Waals surface area (Å²) in [5, 5.41) is 10.3. The molecule has 1 saturated carbocycles. The molecular weight excluding hydrogens is 408 g/mol. The fraction of sp³-hybridized carbons (Fsp3) is 0.593. The summed E-state index contributed by atoms with van der Waals surface area (Å²) in [7, 11) is 0. The molecule has 0 amide bonds. The van der Waals surface area contributed by atoms with E-state index in [9.17, 15) is 8.78 Å². The van der Waals surface area contributed by atoms with E-state index in [1.807, 2.05) is 0 Å². The third-order valence-corrected chi connectivity index (χ3v) is 7.67. The lowest BCUT2D eigenvalue weighted by Gasteiger charge is -2.35.